The highest BCUT2D eigenvalue weighted by molar-refractivity contribution is 7.10. The summed E-state index contributed by atoms with van der Waals surface area (Å²) < 4.78 is 0. The van der Waals surface area contributed by atoms with Crippen LogP contribution in [0, 0.1) is 5.92 Å². The molecule has 1 aliphatic carbocycles. The number of rotatable bonds is 3. The third-order valence-electron chi connectivity index (χ3n) is 4.50. The lowest BCUT2D eigenvalue weighted by Crippen LogP contribution is -2.12. The van der Waals surface area contributed by atoms with Crippen molar-refractivity contribution < 1.29 is 0 Å². The fourth-order valence-electron chi connectivity index (χ4n) is 3.08. The van der Waals surface area contributed by atoms with E-state index >= 15 is 0 Å². The van der Waals surface area contributed by atoms with Gasteiger partial charge in [0, 0.05) is 22.5 Å². The average Bonchev–Trinajstić information content (AvgIpc) is 2.98. The first kappa shape index (κ1) is 13.6. The molecular weight excluding hydrogens is 264 g/mol. The molecule has 1 aliphatic rings. The Bertz CT molecular complexity index is 551. The molecule has 2 aromatic rings. The molecule has 2 N–H and O–H groups in total. The van der Waals surface area contributed by atoms with Gasteiger partial charge in [0.1, 0.15) is 0 Å². The third kappa shape index (κ3) is 2.88. The molecule has 1 aromatic carbocycles. The van der Waals surface area contributed by atoms with E-state index in [9.17, 15) is 0 Å². The maximum atomic E-state index is 5.74. The molecule has 106 valence electrons. The summed E-state index contributed by atoms with van der Waals surface area (Å²) in [7, 11) is 0. The number of benzene rings is 1. The number of thiazole rings is 1. The lowest BCUT2D eigenvalue weighted by Gasteiger charge is -2.26. The van der Waals surface area contributed by atoms with Crippen LogP contribution in [0.5, 0.6) is 0 Å². The summed E-state index contributed by atoms with van der Waals surface area (Å²) in [5, 5.41) is 3.51. The molecule has 0 bridgehead atoms. The van der Waals surface area contributed by atoms with Crippen LogP contribution in [0.3, 0.4) is 0 Å². The van der Waals surface area contributed by atoms with Crippen LogP contribution in [0.2, 0.25) is 0 Å². The van der Waals surface area contributed by atoms with Crippen LogP contribution in [0.25, 0.3) is 11.3 Å². The zero-order valence-electron chi connectivity index (χ0n) is 12.0. The van der Waals surface area contributed by atoms with E-state index in [1.165, 1.54) is 42.7 Å². The number of nitrogens with two attached hydrogens (primary N) is 1. The van der Waals surface area contributed by atoms with Crippen LogP contribution in [0.15, 0.2) is 29.6 Å². The lowest BCUT2D eigenvalue weighted by atomic mass is 9.81. The SMILES string of the molecule is CCC1CCC(c2nc(-c3ccc(N)cc3)cs2)CC1. The predicted octanol–water partition coefficient (Wildman–Crippen LogP) is 5.08. The molecule has 0 amide bonds. The maximum Gasteiger partial charge on any atom is 0.0963 e. The van der Waals surface area contributed by atoms with E-state index in [1.54, 1.807) is 0 Å². The topological polar surface area (TPSA) is 38.9 Å². The quantitative estimate of drug-likeness (QED) is 0.799. The maximum absolute atomic E-state index is 5.74. The van der Waals surface area contributed by atoms with Gasteiger partial charge in [-0.1, -0.05) is 25.5 Å². The second kappa shape index (κ2) is 5.96. The van der Waals surface area contributed by atoms with Gasteiger partial charge in [-0.2, -0.15) is 0 Å². The van der Waals surface area contributed by atoms with E-state index in [0.717, 1.165) is 17.3 Å². The minimum Gasteiger partial charge on any atom is -0.399 e. The highest BCUT2D eigenvalue weighted by Crippen LogP contribution is 2.39. The van der Waals surface area contributed by atoms with E-state index in [1.807, 2.05) is 23.5 Å². The Hall–Kier alpha value is -1.35. The summed E-state index contributed by atoms with van der Waals surface area (Å²) in [5.41, 5.74) is 8.81. The number of hydrogen-bond acceptors (Lipinski definition) is 3. The highest BCUT2D eigenvalue weighted by Gasteiger charge is 2.23. The zero-order chi connectivity index (χ0) is 13.9. The molecule has 1 heterocycles. The van der Waals surface area contributed by atoms with Crippen LogP contribution >= 0.6 is 11.3 Å². The van der Waals surface area contributed by atoms with Gasteiger partial charge in [-0.25, -0.2) is 4.98 Å². The van der Waals surface area contributed by atoms with Gasteiger partial charge in [0.05, 0.1) is 10.7 Å². The number of aromatic nitrogens is 1. The van der Waals surface area contributed by atoms with Gasteiger partial charge in [-0.15, -0.1) is 11.3 Å². The normalized spacial score (nSPS) is 22.9. The van der Waals surface area contributed by atoms with Crippen molar-refractivity contribution in [3.8, 4) is 11.3 Å². The fraction of sp³-hybridized carbons (Fsp3) is 0.471. The van der Waals surface area contributed by atoms with Gasteiger partial charge >= 0.3 is 0 Å². The Morgan fingerprint density at radius 1 is 1.15 bits per heavy atom. The number of hydrogen-bond donors (Lipinski definition) is 1. The standard InChI is InChI=1S/C17H22N2S/c1-2-12-3-5-14(6-4-12)17-19-16(11-20-17)13-7-9-15(18)10-8-13/h7-12,14H,2-6,18H2,1H3. The Morgan fingerprint density at radius 3 is 2.50 bits per heavy atom. The van der Waals surface area contributed by atoms with Crippen molar-refractivity contribution in [2.45, 2.75) is 44.9 Å². The van der Waals surface area contributed by atoms with Crippen molar-refractivity contribution in [2.24, 2.45) is 5.92 Å². The summed E-state index contributed by atoms with van der Waals surface area (Å²) in [6, 6.07) is 8.01. The predicted molar refractivity (Wildman–Crippen MR) is 87.0 cm³/mol. The zero-order valence-corrected chi connectivity index (χ0v) is 12.8. The Kier molecular flexibility index (Phi) is 4.06. The van der Waals surface area contributed by atoms with Gasteiger partial charge in [0.15, 0.2) is 0 Å². The first-order valence-electron chi connectivity index (χ1n) is 7.57. The molecule has 0 aliphatic heterocycles. The average molecular weight is 286 g/mol. The van der Waals surface area contributed by atoms with Gasteiger partial charge in [-0.3, -0.25) is 0 Å². The molecule has 0 atom stereocenters. The van der Waals surface area contributed by atoms with E-state index in [-0.39, 0.29) is 0 Å². The highest BCUT2D eigenvalue weighted by atomic mass is 32.1. The van der Waals surface area contributed by atoms with E-state index in [4.69, 9.17) is 10.7 Å². The third-order valence-corrected chi connectivity index (χ3v) is 5.51. The molecule has 1 saturated carbocycles. The molecule has 0 saturated heterocycles. The lowest BCUT2D eigenvalue weighted by molar-refractivity contribution is 0.318. The molecule has 3 heteroatoms. The molecule has 0 radical (unpaired) electrons. The first-order valence-corrected chi connectivity index (χ1v) is 8.45. The molecule has 1 aromatic heterocycles. The first-order chi connectivity index (χ1) is 9.76. The smallest absolute Gasteiger partial charge is 0.0963 e. The summed E-state index contributed by atoms with van der Waals surface area (Å²) >= 11 is 1.82. The van der Waals surface area contributed by atoms with Crippen molar-refractivity contribution in [1.82, 2.24) is 4.98 Å². The summed E-state index contributed by atoms with van der Waals surface area (Å²) in [6.07, 6.45) is 6.71. The van der Waals surface area contributed by atoms with Crippen molar-refractivity contribution in [1.29, 1.82) is 0 Å². The fourth-order valence-corrected chi connectivity index (χ4v) is 4.08. The van der Waals surface area contributed by atoms with Gasteiger partial charge in [0.25, 0.3) is 0 Å². The molecule has 1 fully saturated rings. The van der Waals surface area contributed by atoms with Gasteiger partial charge < -0.3 is 5.73 Å². The molecule has 2 nitrogen and oxygen atoms in total. The second-order valence-corrected chi connectivity index (χ2v) is 6.71. The monoisotopic (exact) mass is 286 g/mol. The van der Waals surface area contributed by atoms with Crippen molar-refractivity contribution in [3.05, 3.63) is 34.7 Å². The van der Waals surface area contributed by atoms with Crippen molar-refractivity contribution in [2.75, 3.05) is 5.73 Å². The summed E-state index contributed by atoms with van der Waals surface area (Å²) in [5.74, 6) is 1.63. The second-order valence-electron chi connectivity index (χ2n) is 5.82. The molecular formula is C17H22N2S. The molecule has 3 rings (SSSR count). The van der Waals surface area contributed by atoms with Crippen LogP contribution in [0.1, 0.15) is 50.0 Å². The van der Waals surface area contributed by atoms with Crippen molar-refractivity contribution in [3.63, 3.8) is 0 Å². The van der Waals surface area contributed by atoms with Crippen LogP contribution in [0.4, 0.5) is 5.69 Å². The number of anilines is 1. The Labute approximate surface area is 125 Å². The number of nitrogens with zero attached hydrogens (tertiary/aromatic N) is 1. The van der Waals surface area contributed by atoms with E-state index in [0.29, 0.717) is 5.92 Å². The largest absolute Gasteiger partial charge is 0.399 e. The van der Waals surface area contributed by atoms with E-state index < -0.39 is 0 Å². The van der Waals surface area contributed by atoms with Crippen LogP contribution in [-0.2, 0) is 0 Å². The van der Waals surface area contributed by atoms with Crippen molar-refractivity contribution >= 4 is 17.0 Å². The minimum atomic E-state index is 0.685. The van der Waals surface area contributed by atoms with Crippen LogP contribution < -0.4 is 5.73 Å². The number of nitrogen functional groups attached to an aromatic ring is 1. The van der Waals surface area contributed by atoms with E-state index in [2.05, 4.69) is 24.4 Å². The molecule has 0 unspecified atom stereocenters. The minimum absolute atomic E-state index is 0.685. The summed E-state index contributed by atoms with van der Waals surface area (Å²) in [4.78, 5) is 4.86. The summed E-state index contributed by atoms with van der Waals surface area (Å²) in [6.45, 7) is 2.31. The van der Waals surface area contributed by atoms with Gasteiger partial charge in [0.2, 0.25) is 0 Å². The Morgan fingerprint density at radius 2 is 1.85 bits per heavy atom. The van der Waals surface area contributed by atoms with Crippen LogP contribution in [-0.4, -0.2) is 4.98 Å². The van der Waals surface area contributed by atoms with Gasteiger partial charge in [-0.05, 0) is 43.7 Å². The molecule has 20 heavy (non-hydrogen) atoms. The Balaban J connectivity index is 1.72. The molecule has 0 spiro atoms.